The first-order valence-corrected chi connectivity index (χ1v) is 16.5. The van der Waals surface area contributed by atoms with Gasteiger partial charge in [0.15, 0.2) is 4.80 Å². The van der Waals surface area contributed by atoms with E-state index in [0.717, 1.165) is 22.8 Å². The Kier molecular flexibility index (Phi) is 9.54. The predicted molar refractivity (Wildman–Crippen MR) is 184 cm³/mol. The minimum atomic E-state index is -0.994. The molecule has 48 heavy (non-hydrogen) atoms. The van der Waals surface area contributed by atoms with Gasteiger partial charge in [0.05, 0.1) is 35.1 Å². The Hall–Kier alpha value is -5.48. The highest BCUT2D eigenvalue weighted by atomic mass is 32.1. The second-order valence-electron chi connectivity index (χ2n) is 11.1. The van der Waals surface area contributed by atoms with Crippen LogP contribution < -0.4 is 24.4 Å². The van der Waals surface area contributed by atoms with Gasteiger partial charge in [0, 0.05) is 11.1 Å². The molecule has 0 radical (unpaired) electrons. The number of carboxylic acid groups (broad SMARTS) is 1. The molecule has 0 saturated heterocycles. The Morgan fingerprint density at radius 1 is 0.958 bits per heavy atom. The average molecular weight is 663 g/mol. The lowest BCUT2D eigenvalue weighted by Crippen LogP contribution is -2.40. The molecule has 4 aromatic carbocycles. The molecule has 1 atom stereocenters. The van der Waals surface area contributed by atoms with E-state index in [1.165, 1.54) is 23.5 Å². The van der Waals surface area contributed by atoms with Crippen molar-refractivity contribution in [3.05, 3.63) is 138 Å². The van der Waals surface area contributed by atoms with Gasteiger partial charge >= 0.3 is 11.9 Å². The number of aromatic nitrogens is 1. The van der Waals surface area contributed by atoms with Crippen LogP contribution in [-0.2, 0) is 16.1 Å². The Bertz CT molecular complexity index is 2230. The fraction of sp³-hybridized carbons (Fsp3) is 0.211. The Morgan fingerprint density at radius 3 is 2.44 bits per heavy atom. The third-order valence-electron chi connectivity index (χ3n) is 8.12. The maximum Gasteiger partial charge on any atom is 0.338 e. The molecule has 9 nitrogen and oxygen atoms in total. The van der Waals surface area contributed by atoms with E-state index in [9.17, 15) is 19.5 Å². The topological polar surface area (TPSA) is 116 Å². The van der Waals surface area contributed by atoms with Crippen LogP contribution in [0.4, 0.5) is 0 Å². The van der Waals surface area contributed by atoms with Gasteiger partial charge in [-0.3, -0.25) is 9.36 Å². The predicted octanol–water partition coefficient (Wildman–Crippen LogP) is 6.02. The summed E-state index contributed by atoms with van der Waals surface area (Å²) in [5.41, 5.74) is 2.96. The van der Waals surface area contributed by atoms with E-state index in [-0.39, 0.29) is 24.3 Å². The highest BCUT2D eigenvalue weighted by Crippen LogP contribution is 2.41. The van der Waals surface area contributed by atoms with Crippen LogP contribution >= 0.6 is 11.3 Å². The number of rotatable bonds is 11. The summed E-state index contributed by atoms with van der Waals surface area (Å²) < 4.78 is 19.6. The first kappa shape index (κ1) is 32.5. The van der Waals surface area contributed by atoms with Gasteiger partial charge in [0.25, 0.3) is 5.56 Å². The lowest BCUT2D eigenvalue weighted by molar-refractivity contribution is -0.139. The summed E-state index contributed by atoms with van der Waals surface area (Å²) in [6, 6.07) is 24.7. The summed E-state index contributed by atoms with van der Waals surface area (Å²) in [7, 11) is 1.58. The van der Waals surface area contributed by atoms with E-state index < -0.39 is 18.0 Å². The molecular formula is C38H34N2O7S. The summed E-state index contributed by atoms with van der Waals surface area (Å²) in [4.78, 5) is 44.8. The fourth-order valence-corrected chi connectivity index (χ4v) is 6.92. The van der Waals surface area contributed by atoms with Gasteiger partial charge in [0.2, 0.25) is 0 Å². The number of hydrogen-bond acceptors (Lipinski definition) is 8. The van der Waals surface area contributed by atoms with Crippen LogP contribution in [-0.4, -0.2) is 35.3 Å². The van der Waals surface area contributed by atoms with Crippen molar-refractivity contribution < 1.29 is 28.9 Å². The average Bonchev–Trinajstić information content (AvgIpc) is 3.41. The quantitative estimate of drug-likeness (QED) is 0.172. The van der Waals surface area contributed by atoms with Crippen molar-refractivity contribution in [2.45, 2.75) is 39.3 Å². The van der Waals surface area contributed by atoms with Crippen LogP contribution in [0.15, 0.2) is 106 Å². The summed E-state index contributed by atoms with van der Waals surface area (Å²) in [6.07, 6.45) is 3.03. The van der Waals surface area contributed by atoms with Crippen molar-refractivity contribution in [3.63, 3.8) is 0 Å². The smallest absolute Gasteiger partial charge is 0.338 e. The van der Waals surface area contributed by atoms with Crippen molar-refractivity contribution >= 4 is 40.1 Å². The number of allylic oxidation sites excluding steroid dienone is 1. The van der Waals surface area contributed by atoms with Crippen LogP contribution in [0.3, 0.4) is 0 Å². The van der Waals surface area contributed by atoms with Gasteiger partial charge in [-0.05, 0) is 60.0 Å². The van der Waals surface area contributed by atoms with E-state index >= 15 is 0 Å². The Balaban J connectivity index is 1.51. The molecule has 1 aromatic heterocycles. The highest BCUT2D eigenvalue weighted by molar-refractivity contribution is 7.07. The number of esters is 1. The Labute approximate surface area is 280 Å². The summed E-state index contributed by atoms with van der Waals surface area (Å²) >= 11 is 1.25. The second kappa shape index (κ2) is 14.1. The van der Waals surface area contributed by atoms with E-state index in [0.29, 0.717) is 49.7 Å². The van der Waals surface area contributed by atoms with E-state index in [2.05, 4.69) is 0 Å². The standard InChI is InChI=1S/C38H34N2O7S/c1-4-10-28-33(37(44)46-5-2)34(32-27-13-8-6-11-24(27)19-20-30(32)45-3)40-35(41)31(48-38(40)39-28)21-26-12-7-9-14-29(26)47-22-23-15-17-25(18-16-23)36(42)43/h6-9,11-21,34H,4-5,10,22H2,1-3H3,(H,42,43)/b31-21-/t34-/m0/s1. The van der Waals surface area contributed by atoms with Crippen LogP contribution in [0, 0.1) is 0 Å². The fourth-order valence-electron chi connectivity index (χ4n) is 5.91. The number of benzene rings is 4. The molecule has 244 valence electrons. The lowest BCUT2D eigenvalue weighted by Gasteiger charge is -2.28. The highest BCUT2D eigenvalue weighted by Gasteiger charge is 2.37. The number of ether oxygens (including phenoxy) is 3. The van der Waals surface area contributed by atoms with Crippen LogP contribution in [0.25, 0.3) is 16.8 Å². The number of carbonyl (C=O) groups is 2. The molecule has 5 aromatic rings. The van der Waals surface area contributed by atoms with Crippen molar-refractivity contribution in [1.29, 1.82) is 0 Å². The van der Waals surface area contributed by atoms with Gasteiger partial charge in [0.1, 0.15) is 24.1 Å². The monoisotopic (exact) mass is 662 g/mol. The molecule has 0 bridgehead atoms. The molecule has 1 N–H and O–H groups in total. The largest absolute Gasteiger partial charge is 0.496 e. The van der Waals surface area contributed by atoms with Crippen molar-refractivity contribution in [2.75, 3.05) is 13.7 Å². The minimum Gasteiger partial charge on any atom is -0.496 e. The number of carbonyl (C=O) groups excluding carboxylic acids is 1. The van der Waals surface area contributed by atoms with E-state index in [1.54, 1.807) is 36.8 Å². The molecule has 0 unspecified atom stereocenters. The molecular weight excluding hydrogens is 628 g/mol. The minimum absolute atomic E-state index is 0.173. The van der Waals surface area contributed by atoms with Crippen molar-refractivity contribution in [1.82, 2.24) is 4.57 Å². The van der Waals surface area contributed by atoms with Gasteiger partial charge in [-0.1, -0.05) is 85.3 Å². The zero-order valence-corrected chi connectivity index (χ0v) is 27.6. The lowest BCUT2D eigenvalue weighted by atomic mass is 9.90. The van der Waals surface area contributed by atoms with Gasteiger partial charge in [-0.25, -0.2) is 14.6 Å². The summed E-state index contributed by atoms with van der Waals surface area (Å²) in [6.45, 7) is 4.15. The van der Waals surface area contributed by atoms with E-state index in [4.69, 9.17) is 19.2 Å². The molecule has 0 amide bonds. The molecule has 0 aliphatic carbocycles. The molecule has 0 saturated carbocycles. The number of carboxylic acids is 1. The number of thiazole rings is 1. The maximum atomic E-state index is 14.5. The number of aromatic carboxylic acids is 1. The summed E-state index contributed by atoms with van der Waals surface area (Å²) in [5, 5.41) is 11.0. The first-order chi connectivity index (χ1) is 23.3. The maximum absolute atomic E-state index is 14.5. The molecule has 0 fully saturated rings. The van der Waals surface area contributed by atoms with Crippen LogP contribution in [0.5, 0.6) is 11.5 Å². The number of methoxy groups -OCH3 is 1. The normalized spacial score (nSPS) is 14.4. The van der Waals surface area contributed by atoms with Gasteiger partial charge in [-0.15, -0.1) is 0 Å². The molecule has 2 heterocycles. The molecule has 0 spiro atoms. The number of nitrogens with zero attached hydrogens (tertiary/aromatic N) is 2. The zero-order valence-electron chi connectivity index (χ0n) is 26.8. The third kappa shape index (κ3) is 6.26. The number of para-hydroxylation sites is 1. The number of hydrogen-bond donors (Lipinski definition) is 1. The van der Waals surface area contributed by atoms with Crippen LogP contribution in [0.1, 0.15) is 59.8 Å². The molecule has 10 heteroatoms. The van der Waals surface area contributed by atoms with Crippen molar-refractivity contribution in [3.8, 4) is 11.5 Å². The molecule has 1 aliphatic rings. The number of fused-ring (bicyclic) bond motifs is 2. The first-order valence-electron chi connectivity index (χ1n) is 15.7. The Morgan fingerprint density at radius 2 is 1.71 bits per heavy atom. The van der Waals surface area contributed by atoms with Crippen LogP contribution in [0.2, 0.25) is 0 Å². The third-order valence-corrected chi connectivity index (χ3v) is 9.10. The second-order valence-corrected chi connectivity index (χ2v) is 12.2. The SMILES string of the molecule is CCCC1=C(C(=O)OCC)[C@H](c2c(OC)ccc3ccccc23)n2c(s/c(=C\c3ccccc3OCc3ccc(C(=O)O)cc3)c2=O)=N1. The van der Waals surface area contributed by atoms with E-state index in [1.807, 2.05) is 67.6 Å². The van der Waals surface area contributed by atoms with Gasteiger partial charge in [-0.2, -0.15) is 0 Å². The molecule has 6 rings (SSSR count). The molecule has 1 aliphatic heterocycles. The zero-order chi connectivity index (χ0) is 33.8. The van der Waals surface area contributed by atoms with Gasteiger partial charge < -0.3 is 19.3 Å². The van der Waals surface area contributed by atoms with Crippen molar-refractivity contribution in [2.24, 2.45) is 4.99 Å². The summed E-state index contributed by atoms with van der Waals surface area (Å²) in [5.74, 6) is -0.416.